The van der Waals surface area contributed by atoms with Gasteiger partial charge in [-0.1, -0.05) is 26.0 Å². The van der Waals surface area contributed by atoms with Crippen LogP contribution >= 0.6 is 12.4 Å². The first-order valence-electron chi connectivity index (χ1n) is 7.88. The summed E-state index contributed by atoms with van der Waals surface area (Å²) in [6.45, 7) is 7.16. The van der Waals surface area contributed by atoms with Crippen molar-refractivity contribution in [3.63, 3.8) is 0 Å². The fraction of sp³-hybridized carbons (Fsp3) is 0.529. The third-order valence-electron chi connectivity index (χ3n) is 4.21. The Morgan fingerprint density at radius 1 is 1.13 bits per heavy atom. The highest BCUT2D eigenvalue weighted by molar-refractivity contribution is 5.94. The van der Waals surface area contributed by atoms with Crippen LogP contribution < -0.4 is 16.4 Å². The van der Waals surface area contributed by atoms with Gasteiger partial charge in [-0.15, -0.1) is 12.4 Å². The Morgan fingerprint density at radius 2 is 1.78 bits per heavy atom. The van der Waals surface area contributed by atoms with Gasteiger partial charge in [-0.25, -0.2) is 0 Å². The van der Waals surface area contributed by atoms with Gasteiger partial charge >= 0.3 is 0 Å². The summed E-state index contributed by atoms with van der Waals surface area (Å²) in [6, 6.07) is 7.28. The van der Waals surface area contributed by atoms with Crippen LogP contribution in [0.15, 0.2) is 24.3 Å². The van der Waals surface area contributed by atoms with Gasteiger partial charge in [0.15, 0.2) is 0 Å². The molecule has 130 valence electrons. The average Bonchev–Trinajstić information content (AvgIpc) is 2.55. The number of hydrogen-bond acceptors (Lipinski definition) is 3. The Balaban J connectivity index is 0.00000484. The van der Waals surface area contributed by atoms with E-state index in [1.807, 2.05) is 32.9 Å². The number of carbonyl (C=O) groups is 2. The number of halogens is 1. The number of nitrogens with one attached hydrogen (secondary N) is 2. The predicted molar refractivity (Wildman–Crippen MR) is 95.6 cm³/mol. The van der Waals surface area contributed by atoms with Crippen molar-refractivity contribution in [3.05, 3.63) is 35.4 Å². The van der Waals surface area contributed by atoms with Gasteiger partial charge in [0.2, 0.25) is 5.91 Å². The van der Waals surface area contributed by atoms with E-state index in [-0.39, 0.29) is 24.2 Å². The molecule has 0 aliphatic rings. The molecule has 1 rings (SSSR count). The molecular weight excluding hydrogens is 314 g/mol. The topological polar surface area (TPSA) is 84.2 Å². The lowest BCUT2D eigenvalue weighted by molar-refractivity contribution is -0.131. The Bertz CT molecular complexity index is 508. The molecular formula is C17H28ClN3O2. The number of hydrogen-bond donors (Lipinski definition) is 3. The van der Waals surface area contributed by atoms with Crippen LogP contribution in [0.1, 0.15) is 49.5 Å². The highest BCUT2D eigenvalue weighted by Gasteiger charge is 2.32. The van der Waals surface area contributed by atoms with Crippen LogP contribution in [-0.2, 0) is 11.3 Å². The van der Waals surface area contributed by atoms with Crippen LogP contribution in [0.2, 0.25) is 0 Å². The van der Waals surface area contributed by atoms with Gasteiger partial charge in [0.25, 0.3) is 5.91 Å². The van der Waals surface area contributed by atoms with Crippen LogP contribution in [0.3, 0.4) is 0 Å². The van der Waals surface area contributed by atoms with Gasteiger partial charge in [-0.05, 0) is 37.5 Å². The van der Waals surface area contributed by atoms with E-state index in [4.69, 9.17) is 5.73 Å². The molecule has 2 amide bonds. The molecule has 0 aliphatic carbocycles. The number of carbonyl (C=O) groups excluding carboxylic acids is 2. The van der Waals surface area contributed by atoms with Gasteiger partial charge in [0.05, 0.1) is 5.41 Å². The van der Waals surface area contributed by atoms with Crippen molar-refractivity contribution in [1.82, 2.24) is 10.6 Å². The maximum Gasteiger partial charge on any atom is 0.251 e. The largest absolute Gasteiger partial charge is 0.352 e. The molecule has 0 aliphatic heterocycles. The van der Waals surface area contributed by atoms with Crippen LogP contribution in [-0.4, -0.2) is 24.9 Å². The summed E-state index contributed by atoms with van der Waals surface area (Å²) in [5, 5.41) is 5.70. The standard InChI is InChI=1S/C17H27N3O2.ClH/c1-4-17(5-2,12-18)16(22)20-11-13-8-7-9-14(10-13)15(21)19-6-3;/h7-10H,4-6,11-12,18H2,1-3H3,(H,19,21)(H,20,22);1H. The molecule has 0 saturated carbocycles. The van der Waals surface area contributed by atoms with Crippen molar-refractivity contribution >= 4 is 24.2 Å². The first kappa shape index (κ1) is 21.4. The van der Waals surface area contributed by atoms with Crippen molar-refractivity contribution in [1.29, 1.82) is 0 Å². The van der Waals surface area contributed by atoms with Gasteiger partial charge in [0, 0.05) is 25.2 Å². The predicted octanol–water partition coefficient (Wildman–Crippen LogP) is 2.24. The summed E-state index contributed by atoms with van der Waals surface area (Å²) in [6.07, 6.45) is 1.43. The minimum Gasteiger partial charge on any atom is -0.352 e. The van der Waals surface area contributed by atoms with Gasteiger partial charge in [-0.2, -0.15) is 0 Å². The van der Waals surface area contributed by atoms with Crippen LogP contribution in [0, 0.1) is 5.41 Å². The molecule has 0 radical (unpaired) electrons. The quantitative estimate of drug-likeness (QED) is 0.678. The molecule has 0 bridgehead atoms. The van der Waals surface area contributed by atoms with Gasteiger partial charge in [0.1, 0.15) is 0 Å². The number of benzene rings is 1. The van der Waals surface area contributed by atoms with Gasteiger partial charge < -0.3 is 16.4 Å². The highest BCUT2D eigenvalue weighted by Crippen LogP contribution is 2.25. The summed E-state index contributed by atoms with van der Waals surface area (Å²) >= 11 is 0. The molecule has 6 heteroatoms. The van der Waals surface area contributed by atoms with E-state index in [2.05, 4.69) is 10.6 Å². The highest BCUT2D eigenvalue weighted by atomic mass is 35.5. The molecule has 1 aromatic carbocycles. The van der Waals surface area contributed by atoms with Crippen molar-refractivity contribution in [3.8, 4) is 0 Å². The molecule has 0 unspecified atom stereocenters. The zero-order valence-corrected chi connectivity index (χ0v) is 15.0. The second-order valence-corrected chi connectivity index (χ2v) is 5.43. The van der Waals surface area contributed by atoms with E-state index in [0.717, 1.165) is 5.56 Å². The minimum atomic E-state index is -0.503. The molecule has 1 aromatic rings. The zero-order valence-electron chi connectivity index (χ0n) is 14.1. The summed E-state index contributed by atoms with van der Waals surface area (Å²) in [4.78, 5) is 24.2. The van der Waals surface area contributed by atoms with E-state index < -0.39 is 5.41 Å². The molecule has 5 nitrogen and oxygen atoms in total. The molecule has 0 fully saturated rings. The van der Waals surface area contributed by atoms with E-state index in [1.54, 1.807) is 12.1 Å². The Kier molecular flexibility index (Phi) is 9.53. The third kappa shape index (κ3) is 5.52. The van der Waals surface area contributed by atoms with Crippen molar-refractivity contribution in [2.75, 3.05) is 13.1 Å². The molecule has 4 N–H and O–H groups in total. The van der Waals surface area contributed by atoms with Crippen molar-refractivity contribution in [2.45, 2.75) is 40.2 Å². The lowest BCUT2D eigenvalue weighted by Gasteiger charge is -2.28. The smallest absolute Gasteiger partial charge is 0.251 e. The second-order valence-electron chi connectivity index (χ2n) is 5.43. The Hall–Kier alpha value is -1.59. The maximum atomic E-state index is 12.4. The lowest BCUT2D eigenvalue weighted by Crippen LogP contribution is -2.45. The number of rotatable bonds is 8. The summed E-state index contributed by atoms with van der Waals surface area (Å²) in [5.74, 6) is -0.127. The average molecular weight is 342 g/mol. The van der Waals surface area contributed by atoms with E-state index in [9.17, 15) is 9.59 Å². The molecule has 0 atom stereocenters. The number of nitrogens with two attached hydrogens (primary N) is 1. The first-order valence-corrected chi connectivity index (χ1v) is 7.88. The molecule has 0 saturated heterocycles. The molecule has 0 aromatic heterocycles. The fourth-order valence-electron chi connectivity index (χ4n) is 2.41. The van der Waals surface area contributed by atoms with Gasteiger partial charge in [-0.3, -0.25) is 9.59 Å². The zero-order chi connectivity index (χ0) is 16.6. The van der Waals surface area contributed by atoms with Crippen LogP contribution in [0.25, 0.3) is 0 Å². The fourth-order valence-corrected chi connectivity index (χ4v) is 2.41. The summed E-state index contributed by atoms with van der Waals surface area (Å²) < 4.78 is 0. The Morgan fingerprint density at radius 3 is 2.30 bits per heavy atom. The maximum absolute atomic E-state index is 12.4. The monoisotopic (exact) mass is 341 g/mol. The van der Waals surface area contributed by atoms with Crippen LogP contribution in [0.4, 0.5) is 0 Å². The summed E-state index contributed by atoms with van der Waals surface area (Å²) in [7, 11) is 0. The van der Waals surface area contributed by atoms with Crippen molar-refractivity contribution < 1.29 is 9.59 Å². The SMILES string of the molecule is CCNC(=O)c1cccc(CNC(=O)C(CC)(CC)CN)c1.Cl. The first-order chi connectivity index (χ1) is 10.5. The van der Waals surface area contributed by atoms with Crippen molar-refractivity contribution in [2.24, 2.45) is 11.1 Å². The molecule has 0 spiro atoms. The van der Waals surface area contributed by atoms with E-state index in [0.29, 0.717) is 38.0 Å². The van der Waals surface area contributed by atoms with E-state index in [1.165, 1.54) is 0 Å². The number of amides is 2. The second kappa shape index (κ2) is 10.2. The normalized spacial score (nSPS) is 10.6. The van der Waals surface area contributed by atoms with Crippen LogP contribution in [0.5, 0.6) is 0 Å². The lowest BCUT2D eigenvalue weighted by atomic mass is 9.81. The molecule has 23 heavy (non-hydrogen) atoms. The Labute approximate surface area is 144 Å². The molecule has 0 heterocycles. The third-order valence-corrected chi connectivity index (χ3v) is 4.21. The van der Waals surface area contributed by atoms with E-state index >= 15 is 0 Å². The minimum absolute atomic E-state index is 0. The summed E-state index contributed by atoms with van der Waals surface area (Å²) in [5.41, 5.74) is 6.78.